The van der Waals surface area contributed by atoms with Gasteiger partial charge in [-0.1, -0.05) is 35.6 Å². The number of carbonyl (C=O) groups excluding carboxylic acids is 1. The molecule has 0 fully saturated rings. The first-order chi connectivity index (χ1) is 16.8. The molecule has 0 aliphatic carbocycles. The van der Waals surface area contributed by atoms with Gasteiger partial charge in [-0.05, 0) is 48.9 Å². The maximum atomic E-state index is 13.6. The number of nitro benzene ring substituents is 1. The maximum Gasteiger partial charge on any atom is 0.338 e. The summed E-state index contributed by atoms with van der Waals surface area (Å²) in [6.45, 7) is 3.49. The van der Waals surface area contributed by atoms with Crippen LogP contribution in [0.1, 0.15) is 31.0 Å². The third-order valence-electron chi connectivity index (χ3n) is 5.43. The van der Waals surface area contributed by atoms with Gasteiger partial charge in [0.25, 0.3) is 11.2 Å². The summed E-state index contributed by atoms with van der Waals surface area (Å²) in [5, 5.41) is 23.7. The van der Waals surface area contributed by atoms with E-state index in [1.54, 1.807) is 38.1 Å². The van der Waals surface area contributed by atoms with Gasteiger partial charge in [0.15, 0.2) is 4.80 Å². The SMILES string of the molecule is CCOC(=O)C1=C(C)N=c2s/c(=C/c3cccc([N+](=O)[O-])c3[O-])c(=O)n2[C@@H]1c1cccc(OC)c1. The van der Waals surface area contributed by atoms with Gasteiger partial charge in [0.05, 0.1) is 40.5 Å². The van der Waals surface area contributed by atoms with E-state index in [4.69, 9.17) is 9.47 Å². The van der Waals surface area contributed by atoms with Crippen molar-refractivity contribution in [2.75, 3.05) is 13.7 Å². The standard InChI is InChI=1S/C24H21N3O7S/c1-4-34-23(30)19-13(2)25-24-26(20(19)14-7-5-9-16(11-14)33-3)22(29)18(35-24)12-15-8-6-10-17(21(15)28)27(31)32/h5-12,20,28H,4H2,1-3H3/p-1/b18-12+/t20-/m1/s1. The molecule has 2 aromatic carbocycles. The Bertz CT molecular complexity index is 1550. The lowest BCUT2D eigenvalue weighted by atomic mass is 9.95. The van der Waals surface area contributed by atoms with Crippen molar-refractivity contribution in [3.05, 3.63) is 94.7 Å². The molecular weight excluding hydrogens is 474 g/mol. The van der Waals surface area contributed by atoms with E-state index in [1.165, 1.54) is 29.9 Å². The van der Waals surface area contributed by atoms with Gasteiger partial charge in [-0.2, -0.15) is 0 Å². The highest BCUT2D eigenvalue weighted by molar-refractivity contribution is 7.07. The summed E-state index contributed by atoms with van der Waals surface area (Å²) in [7, 11) is 1.51. The fourth-order valence-corrected chi connectivity index (χ4v) is 4.90. The molecule has 0 saturated heterocycles. The number of ether oxygens (including phenoxy) is 2. The number of benzene rings is 2. The van der Waals surface area contributed by atoms with E-state index in [0.717, 1.165) is 17.4 Å². The van der Waals surface area contributed by atoms with E-state index in [1.807, 2.05) is 0 Å². The number of nitro groups is 1. The summed E-state index contributed by atoms with van der Waals surface area (Å²) in [6, 6.07) is 10.0. The Morgan fingerprint density at radius 1 is 1.29 bits per heavy atom. The van der Waals surface area contributed by atoms with Gasteiger partial charge in [-0.25, -0.2) is 9.79 Å². The number of para-hydroxylation sites is 1. The molecule has 180 valence electrons. The number of esters is 1. The summed E-state index contributed by atoms with van der Waals surface area (Å²) in [5.41, 5.74) is 0.129. The molecule has 10 nitrogen and oxygen atoms in total. The predicted octanol–water partition coefficient (Wildman–Crippen LogP) is 1.79. The minimum absolute atomic E-state index is 0.00345. The summed E-state index contributed by atoms with van der Waals surface area (Å²) < 4.78 is 12.1. The lowest BCUT2D eigenvalue weighted by molar-refractivity contribution is -0.398. The van der Waals surface area contributed by atoms with Crippen LogP contribution in [0.3, 0.4) is 0 Å². The van der Waals surface area contributed by atoms with E-state index in [0.29, 0.717) is 21.8 Å². The zero-order chi connectivity index (χ0) is 25.3. The number of carbonyl (C=O) groups is 1. The van der Waals surface area contributed by atoms with Crippen LogP contribution in [0.15, 0.2) is 63.5 Å². The van der Waals surface area contributed by atoms with Crippen molar-refractivity contribution < 1.29 is 24.3 Å². The first-order valence-electron chi connectivity index (χ1n) is 10.5. The number of aromatic nitrogens is 1. The van der Waals surface area contributed by atoms with Gasteiger partial charge in [-0.15, -0.1) is 0 Å². The minimum atomic E-state index is -0.848. The highest BCUT2D eigenvalue weighted by Crippen LogP contribution is 2.32. The van der Waals surface area contributed by atoms with Crippen LogP contribution in [-0.4, -0.2) is 29.2 Å². The number of thiazole rings is 1. The number of rotatable bonds is 6. The number of allylic oxidation sites excluding steroid dienone is 1. The Labute approximate surface area is 202 Å². The normalized spacial score (nSPS) is 15.4. The Hall–Kier alpha value is -4.25. The van der Waals surface area contributed by atoms with Crippen LogP contribution >= 0.6 is 11.3 Å². The molecule has 0 saturated carbocycles. The number of fused-ring (bicyclic) bond motifs is 1. The highest BCUT2D eigenvalue weighted by atomic mass is 32.1. The molecule has 2 heterocycles. The molecule has 3 aromatic rings. The largest absolute Gasteiger partial charge is 0.867 e. The summed E-state index contributed by atoms with van der Waals surface area (Å²) in [4.78, 5) is 41.6. The van der Waals surface area contributed by atoms with Crippen LogP contribution in [-0.2, 0) is 9.53 Å². The Morgan fingerprint density at radius 2 is 2.03 bits per heavy atom. The van der Waals surface area contributed by atoms with Crippen LogP contribution in [0.2, 0.25) is 0 Å². The van der Waals surface area contributed by atoms with Crippen molar-refractivity contribution in [3.8, 4) is 11.5 Å². The Morgan fingerprint density at radius 3 is 2.71 bits per heavy atom. The van der Waals surface area contributed by atoms with E-state index in [2.05, 4.69) is 4.99 Å². The topological polar surface area (TPSA) is 136 Å². The van der Waals surface area contributed by atoms with Gasteiger partial charge in [-0.3, -0.25) is 19.5 Å². The molecule has 0 radical (unpaired) electrons. The van der Waals surface area contributed by atoms with Crippen LogP contribution in [0, 0.1) is 10.1 Å². The van der Waals surface area contributed by atoms with Gasteiger partial charge >= 0.3 is 5.97 Å². The van der Waals surface area contributed by atoms with E-state index in [-0.39, 0.29) is 22.3 Å². The molecule has 0 bridgehead atoms. The molecule has 0 unspecified atom stereocenters. The predicted molar refractivity (Wildman–Crippen MR) is 126 cm³/mol. The number of hydrogen-bond donors (Lipinski definition) is 0. The molecule has 1 aliphatic heterocycles. The number of hydrogen-bond acceptors (Lipinski definition) is 9. The third kappa shape index (κ3) is 4.33. The Balaban J connectivity index is 1.98. The molecule has 4 rings (SSSR count). The van der Waals surface area contributed by atoms with Crippen LogP contribution in [0.4, 0.5) is 5.69 Å². The van der Waals surface area contributed by atoms with Crippen LogP contribution in [0.5, 0.6) is 11.5 Å². The first kappa shape index (κ1) is 23.9. The van der Waals surface area contributed by atoms with Crippen molar-refractivity contribution in [2.45, 2.75) is 19.9 Å². The lowest BCUT2D eigenvalue weighted by Gasteiger charge is -2.25. The van der Waals surface area contributed by atoms with Gasteiger partial charge in [0, 0.05) is 6.07 Å². The fraction of sp³-hybridized carbons (Fsp3) is 0.208. The average Bonchev–Trinajstić information content (AvgIpc) is 3.13. The Kier molecular flexibility index (Phi) is 6.52. The molecule has 0 spiro atoms. The molecule has 11 heteroatoms. The zero-order valence-electron chi connectivity index (χ0n) is 19.0. The molecule has 1 atom stereocenters. The van der Waals surface area contributed by atoms with Gasteiger partial charge < -0.3 is 14.6 Å². The molecule has 0 N–H and O–H groups in total. The van der Waals surface area contributed by atoms with Crippen LogP contribution in [0.25, 0.3) is 6.08 Å². The van der Waals surface area contributed by atoms with E-state index < -0.39 is 33.9 Å². The number of nitrogens with zero attached hydrogens (tertiary/aromatic N) is 3. The molecule has 1 aromatic heterocycles. The van der Waals surface area contributed by atoms with Crippen LogP contribution < -0.4 is 24.7 Å². The number of methoxy groups -OCH3 is 1. The second-order valence-corrected chi connectivity index (χ2v) is 8.54. The zero-order valence-corrected chi connectivity index (χ0v) is 19.8. The van der Waals surface area contributed by atoms with Gasteiger partial charge in [0.1, 0.15) is 5.75 Å². The minimum Gasteiger partial charge on any atom is -0.867 e. The van der Waals surface area contributed by atoms with Crippen molar-refractivity contribution >= 4 is 29.1 Å². The lowest BCUT2D eigenvalue weighted by Crippen LogP contribution is -2.40. The fourth-order valence-electron chi connectivity index (χ4n) is 3.86. The highest BCUT2D eigenvalue weighted by Gasteiger charge is 2.33. The monoisotopic (exact) mass is 494 g/mol. The second kappa shape index (κ2) is 9.55. The van der Waals surface area contributed by atoms with E-state index >= 15 is 0 Å². The first-order valence-corrected chi connectivity index (χ1v) is 11.4. The quantitative estimate of drug-likeness (QED) is 0.289. The van der Waals surface area contributed by atoms with Crippen molar-refractivity contribution in [2.24, 2.45) is 4.99 Å². The summed E-state index contributed by atoms with van der Waals surface area (Å²) in [6.07, 6.45) is 1.31. The summed E-state index contributed by atoms with van der Waals surface area (Å²) in [5.74, 6) is -0.859. The molecule has 1 aliphatic rings. The van der Waals surface area contributed by atoms with Crippen molar-refractivity contribution in [1.29, 1.82) is 0 Å². The molecular formula is C24H20N3O7S-. The third-order valence-corrected chi connectivity index (χ3v) is 6.42. The maximum absolute atomic E-state index is 13.6. The second-order valence-electron chi connectivity index (χ2n) is 7.53. The van der Waals surface area contributed by atoms with Gasteiger partial charge in [0.2, 0.25) is 0 Å². The molecule has 35 heavy (non-hydrogen) atoms. The van der Waals surface area contributed by atoms with Crippen molar-refractivity contribution in [3.63, 3.8) is 0 Å². The molecule has 0 amide bonds. The summed E-state index contributed by atoms with van der Waals surface area (Å²) >= 11 is 1.02. The smallest absolute Gasteiger partial charge is 0.338 e. The average molecular weight is 495 g/mol. The van der Waals surface area contributed by atoms with Crippen molar-refractivity contribution in [1.82, 2.24) is 4.57 Å². The van der Waals surface area contributed by atoms with E-state index in [9.17, 15) is 24.8 Å².